The lowest BCUT2D eigenvalue weighted by Crippen LogP contribution is -2.38. The average Bonchev–Trinajstić information content (AvgIpc) is 2.63. The molecule has 0 radical (unpaired) electrons. The van der Waals surface area contributed by atoms with Gasteiger partial charge in [-0.05, 0) is 49.9 Å². The van der Waals surface area contributed by atoms with Crippen LogP contribution in [-0.4, -0.2) is 31.8 Å². The van der Waals surface area contributed by atoms with E-state index in [1.165, 1.54) is 12.1 Å². The lowest BCUT2D eigenvalue weighted by atomic mass is 9.81. The van der Waals surface area contributed by atoms with E-state index in [-0.39, 0.29) is 35.6 Å². The molecule has 8 heteroatoms. The molecule has 1 saturated heterocycles. The number of esters is 1. The van der Waals surface area contributed by atoms with Crippen molar-refractivity contribution < 1.29 is 36.9 Å². The second kappa shape index (κ2) is 8.48. The van der Waals surface area contributed by atoms with Crippen molar-refractivity contribution in [2.75, 3.05) is 13.2 Å². The van der Waals surface area contributed by atoms with E-state index in [1.54, 1.807) is 0 Å². The van der Waals surface area contributed by atoms with Gasteiger partial charge in [0, 0.05) is 11.8 Å². The second-order valence-corrected chi connectivity index (χ2v) is 7.19. The number of carbonyl (C=O) groups excluding carboxylic acids is 1. The van der Waals surface area contributed by atoms with Crippen molar-refractivity contribution in [3.63, 3.8) is 0 Å². The summed E-state index contributed by atoms with van der Waals surface area (Å²) in [5, 5.41) is 0. The average molecular weight is 388 g/mol. The summed E-state index contributed by atoms with van der Waals surface area (Å²) >= 11 is 0. The van der Waals surface area contributed by atoms with Crippen molar-refractivity contribution in [1.82, 2.24) is 0 Å². The van der Waals surface area contributed by atoms with E-state index in [1.807, 2.05) is 0 Å². The Hall–Kier alpha value is -1.80. The molecule has 1 aliphatic heterocycles. The van der Waals surface area contributed by atoms with Crippen LogP contribution >= 0.6 is 0 Å². The summed E-state index contributed by atoms with van der Waals surface area (Å²) < 4.78 is 57.0. The SMILES string of the molecule is CC1COC(C2CCC(C(=O)Oc3ccc(OC(F)(F)F)cc3)CC2)OC1. The highest BCUT2D eigenvalue weighted by atomic mass is 19.4. The molecule has 0 amide bonds. The number of halogens is 3. The smallest absolute Gasteiger partial charge is 0.426 e. The van der Waals surface area contributed by atoms with Gasteiger partial charge < -0.3 is 18.9 Å². The van der Waals surface area contributed by atoms with Crippen LogP contribution in [0.15, 0.2) is 24.3 Å². The maximum absolute atomic E-state index is 12.3. The van der Waals surface area contributed by atoms with Gasteiger partial charge in [0.1, 0.15) is 11.5 Å². The van der Waals surface area contributed by atoms with Crippen LogP contribution in [0, 0.1) is 17.8 Å². The van der Waals surface area contributed by atoms with Gasteiger partial charge in [-0.2, -0.15) is 0 Å². The van der Waals surface area contributed by atoms with E-state index >= 15 is 0 Å². The van der Waals surface area contributed by atoms with Gasteiger partial charge in [0.05, 0.1) is 19.1 Å². The summed E-state index contributed by atoms with van der Waals surface area (Å²) in [4.78, 5) is 12.3. The van der Waals surface area contributed by atoms with Crippen molar-refractivity contribution in [2.45, 2.75) is 45.3 Å². The van der Waals surface area contributed by atoms with Crippen LogP contribution in [0.1, 0.15) is 32.6 Å². The molecule has 1 aromatic carbocycles. The molecule has 0 unspecified atom stereocenters. The first-order valence-electron chi connectivity index (χ1n) is 9.11. The lowest BCUT2D eigenvalue weighted by Gasteiger charge is -2.36. The first-order valence-corrected chi connectivity index (χ1v) is 9.11. The molecule has 1 aliphatic carbocycles. The molecule has 1 heterocycles. The van der Waals surface area contributed by atoms with Gasteiger partial charge >= 0.3 is 12.3 Å². The van der Waals surface area contributed by atoms with E-state index in [0.717, 1.165) is 25.0 Å². The Bertz CT molecular complexity index is 615. The minimum atomic E-state index is -4.75. The summed E-state index contributed by atoms with van der Waals surface area (Å²) in [7, 11) is 0. The summed E-state index contributed by atoms with van der Waals surface area (Å²) in [6, 6.07) is 4.81. The summed E-state index contributed by atoms with van der Waals surface area (Å²) in [5.74, 6) is -0.0677. The van der Waals surface area contributed by atoms with Crippen LogP contribution in [0.4, 0.5) is 13.2 Å². The predicted octanol–water partition coefficient (Wildman–Crippen LogP) is 4.31. The van der Waals surface area contributed by atoms with Gasteiger partial charge in [-0.1, -0.05) is 6.92 Å². The van der Waals surface area contributed by atoms with Crippen LogP contribution in [-0.2, 0) is 14.3 Å². The van der Waals surface area contributed by atoms with E-state index in [2.05, 4.69) is 11.7 Å². The fourth-order valence-electron chi connectivity index (χ4n) is 3.42. The zero-order valence-electron chi connectivity index (χ0n) is 15.0. The number of carbonyl (C=O) groups is 1. The largest absolute Gasteiger partial charge is 0.573 e. The molecule has 2 fully saturated rings. The Morgan fingerprint density at radius 2 is 1.56 bits per heavy atom. The molecule has 1 aromatic rings. The Kier molecular flexibility index (Phi) is 6.26. The van der Waals surface area contributed by atoms with Gasteiger partial charge in [0.15, 0.2) is 6.29 Å². The van der Waals surface area contributed by atoms with E-state index < -0.39 is 6.36 Å². The van der Waals surface area contributed by atoms with Crippen molar-refractivity contribution in [3.05, 3.63) is 24.3 Å². The van der Waals surface area contributed by atoms with Crippen molar-refractivity contribution in [2.24, 2.45) is 17.8 Å². The second-order valence-electron chi connectivity index (χ2n) is 7.19. The van der Waals surface area contributed by atoms with Crippen LogP contribution < -0.4 is 9.47 Å². The molecular weight excluding hydrogens is 365 g/mol. The lowest BCUT2D eigenvalue weighted by molar-refractivity contribution is -0.274. The molecule has 3 rings (SSSR count). The normalized spacial score (nSPS) is 29.2. The van der Waals surface area contributed by atoms with Crippen LogP contribution in [0.25, 0.3) is 0 Å². The predicted molar refractivity (Wildman–Crippen MR) is 89.1 cm³/mol. The van der Waals surface area contributed by atoms with Crippen molar-refractivity contribution in [3.8, 4) is 11.5 Å². The third-order valence-electron chi connectivity index (χ3n) is 4.86. The fourth-order valence-corrected chi connectivity index (χ4v) is 3.42. The Labute approximate surface area is 155 Å². The Balaban J connectivity index is 1.45. The summed E-state index contributed by atoms with van der Waals surface area (Å²) in [5.41, 5.74) is 0. The summed E-state index contributed by atoms with van der Waals surface area (Å²) in [6.45, 7) is 3.46. The highest BCUT2D eigenvalue weighted by molar-refractivity contribution is 5.75. The van der Waals surface area contributed by atoms with Gasteiger partial charge in [-0.3, -0.25) is 4.79 Å². The number of hydrogen-bond acceptors (Lipinski definition) is 5. The molecule has 2 aliphatic rings. The van der Waals surface area contributed by atoms with Crippen LogP contribution in [0.3, 0.4) is 0 Å². The molecule has 0 aromatic heterocycles. The fraction of sp³-hybridized carbons (Fsp3) is 0.632. The molecule has 5 nitrogen and oxygen atoms in total. The van der Waals surface area contributed by atoms with Gasteiger partial charge in [-0.15, -0.1) is 13.2 Å². The van der Waals surface area contributed by atoms with Crippen molar-refractivity contribution in [1.29, 1.82) is 0 Å². The van der Waals surface area contributed by atoms with E-state index in [0.29, 0.717) is 32.0 Å². The minimum absolute atomic E-state index is 0.195. The van der Waals surface area contributed by atoms with Gasteiger partial charge in [0.25, 0.3) is 0 Å². The summed E-state index contributed by atoms with van der Waals surface area (Å²) in [6.07, 6.45) is -1.95. The molecule has 1 saturated carbocycles. The van der Waals surface area contributed by atoms with Gasteiger partial charge in [-0.25, -0.2) is 0 Å². The third kappa shape index (κ3) is 5.84. The quantitative estimate of drug-likeness (QED) is 0.568. The third-order valence-corrected chi connectivity index (χ3v) is 4.86. The number of ether oxygens (including phenoxy) is 4. The molecule has 27 heavy (non-hydrogen) atoms. The monoisotopic (exact) mass is 388 g/mol. The Morgan fingerprint density at radius 3 is 2.11 bits per heavy atom. The number of alkyl halides is 3. The number of hydrogen-bond donors (Lipinski definition) is 0. The molecular formula is C19H23F3O5. The first-order chi connectivity index (χ1) is 12.8. The van der Waals surface area contributed by atoms with Crippen molar-refractivity contribution >= 4 is 5.97 Å². The van der Waals surface area contributed by atoms with Crippen LogP contribution in [0.2, 0.25) is 0 Å². The molecule has 0 atom stereocenters. The molecule has 0 N–H and O–H groups in total. The van der Waals surface area contributed by atoms with E-state index in [9.17, 15) is 18.0 Å². The van der Waals surface area contributed by atoms with Crippen LogP contribution in [0.5, 0.6) is 11.5 Å². The maximum Gasteiger partial charge on any atom is 0.573 e. The molecule has 0 spiro atoms. The topological polar surface area (TPSA) is 54.0 Å². The maximum atomic E-state index is 12.3. The van der Waals surface area contributed by atoms with Gasteiger partial charge in [0.2, 0.25) is 0 Å². The number of rotatable bonds is 4. The standard InChI is InChI=1S/C19H23F3O5/c1-12-10-24-18(25-11-12)14-4-2-13(3-5-14)17(23)26-15-6-8-16(9-7-15)27-19(20,21)22/h6-9,12-14,18H,2-5,10-11H2,1H3. The zero-order chi connectivity index (χ0) is 19.4. The highest BCUT2D eigenvalue weighted by Crippen LogP contribution is 2.35. The zero-order valence-corrected chi connectivity index (χ0v) is 15.0. The highest BCUT2D eigenvalue weighted by Gasteiger charge is 2.34. The molecule has 150 valence electrons. The van der Waals surface area contributed by atoms with E-state index in [4.69, 9.17) is 14.2 Å². The Morgan fingerprint density at radius 1 is 1.00 bits per heavy atom. The minimum Gasteiger partial charge on any atom is -0.426 e. The molecule has 0 bridgehead atoms. The number of benzene rings is 1. The first kappa shape index (κ1) is 19.9.